The minimum atomic E-state index is -3.42. The lowest BCUT2D eigenvalue weighted by molar-refractivity contribution is -0.132. The van der Waals surface area contributed by atoms with Crippen molar-refractivity contribution in [3.63, 3.8) is 0 Å². The van der Waals surface area contributed by atoms with Gasteiger partial charge in [-0.25, -0.2) is 8.42 Å². The Kier molecular flexibility index (Phi) is 6.24. The quantitative estimate of drug-likeness (QED) is 0.667. The molecule has 3 heterocycles. The molecule has 160 valence electrons. The van der Waals surface area contributed by atoms with E-state index in [-0.39, 0.29) is 18.2 Å². The van der Waals surface area contributed by atoms with Crippen molar-refractivity contribution in [3.8, 4) is 0 Å². The van der Waals surface area contributed by atoms with Gasteiger partial charge in [-0.15, -0.1) is 11.3 Å². The van der Waals surface area contributed by atoms with Crippen molar-refractivity contribution in [1.82, 2.24) is 19.4 Å². The van der Waals surface area contributed by atoms with Gasteiger partial charge in [0.15, 0.2) is 0 Å². The number of amides is 2. The van der Waals surface area contributed by atoms with Crippen LogP contribution in [0.15, 0.2) is 16.3 Å². The molecule has 29 heavy (non-hydrogen) atoms. The maximum atomic E-state index is 12.6. The standard InChI is InChI=1S/C19H28N4O4S2/c24-17(20-15-3-4-15)14-21-9-11-22(12-10-21)18(25)13-16-5-6-19(28-16)29(26,27)23-7-1-2-8-23/h5-6,15H,1-4,7-14H2,(H,20,24). The molecule has 1 aromatic heterocycles. The Labute approximate surface area is 175 Å². The minimum absolute atomic E-state index is 0.0130. The molecular formula is C19H28N4O4S2. The molecule has 1 N–H and O–H groups in total. The van der Waals surface area contributed by atoms with E-state index in [0.29, 0.717) is 56.1 Å². The molecule has 3 fully saturated rings. The highest BCUT2D eigenvalue weighted by Gasteiger charge is 2.29. The van der Waals surface area contributed by atoms with Crippen LogP contribution in [-0.2, 0) is 26.0 Å². The van der Waals surface area contributed by atoms with Crippen LogP contribution in [0.1, 0.15) is 30.6 Å². The fourth-order valence-electron chi connectivity index (χ4n) is 3.77. The lowest BCUT2D eigenvalue weighted by atomic mass is 10.2. The Balaban J connectivity index is 1.26. The van der Waals surface area contributed by atoms with E-state index in [1.807, 2.05) is 4.90 Å². The van der Waals surface area contributed by atoms with Crippen molar-refractivity contribution in [1.29, 1.82) is 0 Å². The van der Waals surface area contributed by atoms with E-state index in [9.17, 15) is 18.0 Å². The number of nitrogens with one attached hydrogen (secondary N) is 1. The van der Waals surface area contributed by atoms with Gasteiger partial charge in [0, 0.05) is 50.2 Å². The van der Waals surface area contributed by atoms with Gasteiger partial charge in [0.05, 0.1) is 13.0 Å². The molecule has 3 aliphatic rings. The molecule has 10 heteroatoms. The maximum absolute atomic E-state index is 12.6. The summed E-state index contributed by atoms with van der Waals surface area (Å²) in [6.45, 7) is 4.11. The second-order valence-corrected chi connectivity index (χ2v) is 11.3. The van der Waals surface area contributed by atoms with Gasteiger partial charge in [0.2, 0.25) is 11.8 Å². The normalized spacial score (nSPS) is 21.4. The highest BCUT2D eigenvalue weighted by atomic mass is 32.2. The molecule has 0 bridgehead atoms. The van der Waals surface area contributed by atoms with E-state index in [1.54, 1.807) is 12.1 Å². The molecule has 2 amide bonds. The van der Waals surface area contributed by atoms with Gasteiger partial charge < -0.3 is 10.2 Å². The van der Waals surface area contributed by atoms with Crippen molar-refractivity contribution >= 4 is 33.2 Å². The number of carbonyl (C=O) groups is 2. The summed E-state index contributed by atoms with van der Waals surface area (Å²) in [6.07, 6.45) is 4.20. The second kappa shape index (κ2) is 8.71. The van der Waals surface area contributed by atoms with Crippen LogP contribution in [0, 0.1) is 0 Å². The predicted octanol–water partition coefficient (Wildman–Crippen LogP) is 0.498. The molecule has 2 aliphatic heterocycles. The van der Waals surface area contributed by atoms with Crippen molar-refractivity contribution in [3.05, 3.63) is 17.0 Å². The molecule has 0 radical (unpaired) electrons. The Morgan fingerprint density at radius 3 is 2.38 bits per heavy atom. The van der Waals surface area contributed by atoms with E-state index < -0.39 is 10.0 Å². The zero-order chi connectivity index (χ0) is 20.4. The molecular weight excluding hydrogens is 412 g/mol. The van der Waals surface area contributed by atoms with Gasteiger partial charge in [-0.2, -0.15) is 4.31 Å². The topological polar surface area (TPSA) is 90.0 Å². The first kappa shape index (κ1) is 20.8. The van der Waals surface area contributed by atoms with E-state index in [1.165, 1.54) is 15.6 Å². The monoisotopic (exact) mass is 440 g/mol. The van der Waals surface area contributed by atoms with Crippen LogP contribution in [0.4, 0.5) is 0 Å². The van der Waals surface area contributed by atoms with Gasteiger partial charge in [-0.3, -0.25) is 14.5 Å². The molecule has 0 atom stereocenters. The summed E-state index contributed by atoms with van der Waals surface area (Å²) in [5, 5.41) is 2.99. The average Bonchev–Trinajstić information content (AvgIpc) is 3.14. The molecule has 0 spiro atoms. The molecule has 4 rings (SSSR count). The smallest absolute Gasteiger partial charge is 0.252 e. The zero-order valence-electron chi connectivity index (χ0n) is 16.5. The third-order valence-corrected chi connectivity index (χ3v) is 9.11. The molecule has 2 saturated heterocycles. The van der Waals surface area contributed by atoms with Crippen LogP contribution in [0.25, 0.3) is 0 Å². The first-order chi connectivity index (χ1) is 13.9. The second-order valence-electron chi connectivity index (χ2n) is 8.01. The largest absolute Gasteiger partial charge is 0.352 e. The van der Waals surface area contributed by atoms with E-state index in [4.69, 9.17) is 0 Å². The first-order valence-electron chi connectivity index (χ1n) is 10.3. The Hall–Kier alpha value is -1.49. The summed E-state index contributed by atoms with van der Waals surface area (Å²) >= 11 is 1.20. The summed E-state index contributed by atoms with van der Waals surface area (Å²) < 4.78 is 27.1. The number of hydrogen-bond acceptors (Lipinski definition) is 6. The SMILES string of the molecule is O=C(CN1CCN(C(=O)Cc2ccc(S(=O)(=O)N3CCCC3)s2)CC1)NC1CC1. The van der Waals surface area contributed by atoms with Gasteiger partial charge in [0.25, 0.3) is 10.0 Å². The molecule has 8 nitrogen and oxygen atoms in total. The lowest BCUT2D eigenvalue weighted by Crippen LogP contribution is -2.51. The van der Waals surface area contributed by atoms with Crippen LogP contribution >= 0.6 is 11.3 Å². The van der Waals surface area contributed by atoms with Gasteiger partial charge in [0.1, 0.15) is 4.21 Å². The van der Waals surface area contributed by atoms with Crippen molar-refractivity contribution in [2.24, 2.45) is 0 Å². The van der Waals surface area contributed by atoms with Crippen molar-refractivity contribution < 1.29 is 18.0 Å². The summed E-state index contributed by atoms with van der Waals surface area (Å²) in [6, 6.07) is 3.75. The lowest BCUT2D eigenvalue weighted by Gasteiger charge is -2.34. The Bertz CT molecular complexity index is 851. The minimum Gasteiger partial charge on any atom is -0.352 e. The van der Waals surface area contributed by atoms with Crippen LogP contribution in [0.3, 0.4) is 0 Å². The summed E-state index contributed by atoms with van der Waals surface area (Å²) in [5.41, 5.74) is 0. The van der Waals surface area contributed by atoms with Crippen LogP contribution < -0.4 is 5.32 Å². The molecule has 1 aromatic rings. The van der Waals surface area contributed by atoms with Gasteiger partial charge >= 0.3 is 0 Å². The summed E-state index contributed by atoms with van der Waals surface area (Å²) in [4.78, 5) is 29.2. The fourth-order valence-corrected chi connectivity index (χ4v) is 6.79. The number of nitrogens with zero attached hydrogens (tertiary/aromatic N) is 3. The third kappa shape index (κ3) is 5.17. The first-order valence-corrected chi connectivity index (χ1v) is 12.6. The van der Waals surface area contributed by atoms with Crippen molar-refractivity contribution in [2.45, 2.75) is 42.4 Å². The van der Waals surface area contributed by atoms with Crippen LogP contribution in [0.5, 0.6) is 0 Å². The molecule has 0 unspecified atom stereocenters. The van der Waals surface area contributed by atoms with Gasteiger partial charge in [-0.1, -0.05) is 0 Å². The third-order valence-electron chi connectivity index (χ3n) is 5.66. The average molecular weight is 441 g/mol. The predicted molar refractivity (Wildman–Crippen MR) is 110 cm³/mol. The number of sulfonamides is 1. The number of hydrogen-bond donors (Lipinski definition) is 1. The van der Waals surface area contributed by atoms with E-state index >= 15 is 0 Å². The molecule has 1 saturated carbocycles. The van der Waals surface area contributed by atoms with E-state index in [2.05, 4.69) is 10.2 Å². The Morgan fingerprint density at radius 2 is 1.72 bits per heavy atom. The number of rotatable bonds is 7. The van der Waals surface area contributed by atoms with Crippen molar-refractivity contribution in [2.75, 3.05) is 45.8 Å². The summed E-state index contributed by atoms with van der Waals surface area (Å²) in [5.74, 6) is 0.0802. The Morgan fingerprint density at radius 1 is 1.03 bits per heavy atom. The number of thiophene rings is 1. The summed E-state index contributed by atoms with van der Waals surface area (Å²) in [7, 11) is -3.42. The highest BCUT2D eigenvalue weighted by molar-refractivity contribution is 7.91. The highest BCUT2D eigenvalue weighted by Crippen LogP contribution is 2.28. The number of carbonyl (C=O) groups excluding carboxylic acids is 2. The van der Waals surface area contributed by atoms with Crippen LogP contribution in [0.2, 0.25) is 0 Å². The van der Waals surface area contributed by atoms with E-state index in [0.717, 1.165) is 30.6 Å². The van der Waals surface area contributed by atoms with Crippen LogP contribution in [-0.4, -0.2) is 86.2 Å². The zero-order valence-corrected chi connectivity index (χ0v) is 18.1. The number of piperazine rings is 1. The van der Waals surface area contributed by atoms with Gasteiger partial charge in [-0.05, 0) is 37.8 Å². The fraction of sp³-hybridized carbons (Fsp3) is 0.684. The maximum Gasteiger partial charge on any atom is 0.252 e. The molecule has 1 aliphatic carbocycles. The molecule has 0 aromatic carbocycles.